The van der Waals surface area contributed by atoms with E-state index in [-0.39, 0.29) is 17.2 Å². The first-order valence-electron chi connectivity index (χ1n) is 7.39. The van der Waals surface area contributed by atoms with Crippen molar-refractivity contribution in [3.63, 3.8) is 0 Å². The summed E-state index contributed by atoms with van der Waals surface area (Å²) in [6, 6.07) is 16.1. The molecule has 23 heavy (non-hydrogen) atoms. The smallest absolute Gasteiger partial charge is 0.131 e. The summed E-state index contributed by atoms with van der Waals surface area (Å²) in [5, 5.41) is 30.0. The largest absolute Gasteiger partial charge is 0.508 e. The van der Waals surface area contributed by atoms with Crippen LogP contribution in [0.2, 0.25) is 0 Å². The highest BCUT2D eigenvalue weighted by atomic mass is 16.3. The third kappa shape index (κ3) is 2.73. The Morgan fingerprint density at radius 3 is 1.43 bits per heavy atom. The van der Waals surface area contributed by atoms with Gasteiger partial charge in [-0.2, -0.15) is 0 Å². The molecule has 0 amide bonds. The van der Waals surface area contributed by atoms with Crippen LogP contribution in [0.25, 0.3) is 22.3 Å². The van der Waals surface area contributed by atoms with Crippen LogP contribution in [0.1, 0.15) is 11.1 Å². The lowest BCUT2D eigenvalue weighted by molar-refractivity contribution is 0.470. The maximum Gasteiger partial charge on any atom is 0.131 e. The molecule has 0 heterocycles. The first-order valence-corrected chi connectivity index (χ1v) is 7.39. The summed E-state index contributed by atoms with van der Waals surface area (Å²) >= 11 is 0. The first-order chi connectivity index (χ1) is 11.0. The van der Waals surface area contributed by atoms with Crippen molar-refractivity contribution in [2.24, 2.45) is 0 Å². The number of aromatic hydroxyl groups is 3. The minimum Gasteiger partial charge on any atom is -0.508 e. The lowest BCUT2D eigenvalue weighted by Crippen LogP contribution is -1.86. The van der Waals surface area contributed by atoms with Crippen molar-refractivity contribution in [2.45, 2.75) is 13.8 Å². The van der Waals surface area contributed by atoms with E-state index >= 15 is 0 Å². The Balaban J connectivity index is 2.14. The number of benzene rings is 3. The Hall–Kier alpha value is -2.94. The lowest BCUT2D eigenvalue weighted by Gasteiger charge is -2.12. The normalized spacial score (nSPS) is 10.7. The van der Waals surface area contributed by atoms with Gasteiger partial charge in [0.2, 0.25) is 0 Å². The Kier molecular flexibility index (Phi) is 3.70. The number of para-hydroxylation sites is 1. The molecule has 0 unspecified atom stereocenters. The zero-order valence-electron chi connectivity index (χ0n) is 13.0. The zero-order valence-corrected chi connectivity index (χ0v) is 13.0. The van der Waals surface area contributed by atoms with Crippen molar-refractivity contribution < 1.29 is 15.3 Å². The molecule has 3 rings (SSSR count). The fraction of sp³-hybridized carbons (Fsp3) is 0.100. The molecule has 0 spiro atoms. The van der Waals surface area contributed by atoms with Gasteiger partial charge in [-0.25, -0.2) is 0 Å². The van der Waals surface area contributed by atoms with Crippen molar-refractivity contribution in [3.05, 3.63) is 65.7 Å². The van der Waals surface area contributed by atoms with Gasteiger partial charge in [0.1, 0.15) is 17.2 Å². The summed E-state index contributed by atoms with van der Waals surface area (Å²) in [4.78, 5) is 0. The van der Waals surface area contributed by atoms with Crippen LogP contribution in [0.3, 0.4) is 0 Å². The Morgan fingerprint density at radius 1 is 0.609 bits per heavy atom. The highest BCUT2D eigenvalue weighted by Gasteiger charge is 2.12. The standard InChI is InChI=1S/C20H18O3/c1-12-10-14(6-8-18(12)21)16-4-3-5-17(20(16)23)15-7-9-19(22)13(2)11-15/h3-11,21-23H,1-2H3. The number of phenolic OH excluding ortho intramolecular Hbond substituents is 3. The molecule has 0 aliphatic rings. The monoisotopic (exact) mass is 306 g/mol. The fourth-order valence-electron chi connectivity index (χ4n) is 2.66. The lowest BCUT2D eigenvalue weighted by atomic mass is 9.95. The average molecular weight is 306 g/mol. The second kappa shape index (κ2) is 5.69. The van der Waals surface area contributed by atoms with E-state index < -0.39 is 0 Å². The molecular formula is C20H18O3. The van der Waals surface area contributed by atoms with Crippen LogP contribution in [0, 0.1) is 13.8 Å². The van der Waals surface area contributed by atoms with Crippen LogP contribution in [0.4, 0.5) is 0 Å². The predicted molar refractivity (Wildman–Crippen MR) is 91.8 cm³/mol. The van der Waals surface area contributed by atoms with Crippen molar-refractivity contribution >= 4 is 0 Å². The Labute approximate surface area is 135 Å². The molecule has 0 aliphatic carbocycles. The molecule has 0 aromatic heterocycles. The van der Waals surface area contributed by atoms with Crippen molar-refractivity contribution in [2.75, 3.05) is 0 Å². The summed E-state index contributed by atoms with van der Waals surface area (Å²) in [5.41, 5.74) is 4.61. The number of hydrogen-bond acceptors (Lipinski definition) is 3. The maximum absolute atomic E-state index is 10.7. The molecule has 0 aliphatic heterocycles. The molecule has 3 nitrogen and oxygen atoms in total. The summed E-state index contributed by atoms with van der Waals surface area (Å²) in [6.45, 7) is 3.64. The molecule has 116 valence electrons. The van der Waals surface area contributed by atoms with Gasteiger partial charge >= 0.3 is 0 Å². The molecule has 3 aromatic rings. The molecule has 0 atom stereocenters. The van der Waals surface area contributed by atoms with Crippen molar-refractivity contribution in [1.29, 1.82) is 0 Å². The summed E-state index contributed by atoms with van der Waals surface area (Å²) in [6.07, 6.45) is 0. The molecule has 0 radical (unpaired) electrons. The van der Waals surface area contributed by atoms with E-state index in [1.165, 1.54) is 0 Å². The summed E-state index contributed by atoms with van der Waals surface area (Å²) in [7, 11) is 0. The topological polar surface area (TPSA) is 60.7 Å². The maximum atomic E-state index is 10.7. The number of phenols is 3. The molecular weight excluding hydrogens is 288 g/mol. The first kappa shape index (κ1) is 15.0. The van der Waals surface area contributed by atoms with Crippen LogP contribution < -0.4 is 0 Å². The van der Waals surface area contributed by atoms with Gasteiger partial charge in [0, 0.05) is 11.1 Å². The summed E-state index contributed by atoms with van der Waals surface area (Å²) < 4.78 is 0. The van der Waals surface area contributed by atoms with Gasteiger partial charge < -0.3 is 15.3 Å². The van der Waals surface area contributed by atoms with Gasteiger partial charge in [0.15, 0.2) is 0 Å². The van der Waals surface area contributed by atoms with Crippen LogP contribution in [0.15, 0.2) is 54.6 Å². The van der Waals surface area contributed by atoms with Gasteiger partial charge in [-0.15, -0.1) is 0 Å². The van der Waals surface area contributed by atoms with E-state index in [2.05, 4.69) is 0 Å². The molecule has 0 bridgehead atoms. The Bertz CT molecular complexity index is 812. The van der Waals surface area contributed by atoms with Crippen LogP contribution in [-0.2, 0) is 0 Å². The SMILES string of the molecule is Cc1cc(-c2cccc(-c3ccc(O)c(C)c3)c2O)ccc1O. The van der Waals surface area contributed by atoms with E-state index in [0.717, 1.165) is 22.3 Å². The molecule has 3 aromatic carbocycles. The highest BCUT2D eigenvalue weighted by molar-refractivity contribution is 5.82. The molecule has 3 N–H and O–H groups in total. The van der Waals surface area contributed by atoms with Gasteiger partial charge in [0.05, 0.1) is 0 Å². The third-order valence-corrected chi connectivity index (χ3v) is 4.05. The van der Waals surface area contributed by atoms with E-state index in [4.69, 9.17) is 0 Å². The van der Waals surface area contributed by atoms with Crippen LogP contribution in [-0.4, -0.2) is 15.3 Å². The van der Waals surface area contributed by atoms with Gasteiger partial charge in [-0.3, -0.25) is 0 Å². The van der Waals surface area contributed by atoms with Gasteiger partial charge in [-0.1, -0.05) is 30.3 Å². The van der Waals surface area contributed by atoms with Gasteiger partial charge in [-0.05, 0) is 60.4 Å². The highest BCUT2D eigenvalue weighted by Crippen LogP contribution is 2.39. The van der Waals surface area contributed by atoms with E-state index in [9.17, 15) is 15.3 Å². The van der Waals surface area contributed by atoms with Crippen LogP contribution in [0.5, 0.6) is 17.2 Å². The van der Waals surface area contributed by atoms with E-state index in [1.54, 1.807) is 24.3 Å². The summed E-state index contributed by atoms with van der Waals surface area (Å²) in [5.74, 6) is 0.653. The molecule has 0 saturated heterocycles. The quantitative estimate of drug-likeness (QED) is 0.640. The van der Waals surface area contributed by atoms with Crippen molar-refractivity contribution in [3.8, 4) is 39.5 Å². The predicted octanol–water partition coefficient (Wildman–Crippen LogP) is 4.75. The number of aryl methyl sites for hydroxylation is 2. The van der Waals surface area contributed by atoms with E-state index in [1.807, 2.05) is 44.2 Å². The van der Waals surface area contributed by atoms with Gasteiger partial charge in [0.25, 0.3) is 0 Å². The van der Waals surface area contributed by atoms with E-state index in [0.29, 0.717) is 11.1 Å². The molecule has 0 fully saturated rings. The van der Waals surface area contributed by atoms with Crippen molar-refractivity contribution in [1.82, 2.24) is 0 Å². The third-order valence-electron chi connectivity index (χ3n) is 4.05. The second-order valence-corrected chi connectivity index (χ2v) is 5.70. The second-order valence-electron chi connectivity index (χ2n) is 5.70. The fourth-order valence-corrected chi connectivity index (χ4v) is 2.66. The number of rotatable bonds is 2. The minimum absolute atomic E-state index is 0.183. The minimum atomic E-state index is 0.183. The van der Waals surface area contributed by atoms with Crippen LogP contribution >= 0.6 is 0 Å². The Morgan fingerprint density at radius 2 is 1.04 bits per heavy atom. The zero-order chi connectivity index (χ0) is 16.6. The average Bonchev–Trinajstić information content (AvgIpc) is 2.53. The number of hydrogen-bond donors (Lipinski definition) is 3. The molecule has 0 saturated carbocycles. The molecule has 3 heteroatoms.